The Morgan fingerprint density at radius 3 is 2.55 bits per heavy atom. The van der Waals surface area contributed by atoms with Crippen molar-refractivity contribution in [1.82, 2.24) is 29.3 Å². The van der Waals surface area contributed by atoms with E-state index in [1.54, 1.807) is 0 Å². The number of aryl methyl sites for hydroxylation is 2. The summed E-state index contributed by atoms with van der Waals surface area (Å²) in [5.41, 5.74) is 2.40. The van der Waals surface area contributed by atoms with E-state index in [4.69, 9.17) is 0 Å². The molecule has 166 valence electrons. The molecule has 1 N–H and O–H groups in total. The molecule has 2 aromatic heterocycles. The summed E-state index contributed by atoms with van der Waals surface area (Å²) in [6.45, 7) is 13.1. The summed E-state index contributed by atoms with van der Waals surface area (Å²) in [7, 11) is 0. The number of amides is 1. The van der Waals surface area contributed by atoms with E-state index in [0.717, 1.165) is 62.2 Å². The lowest BCUT2D eigenvalue weighted by Gasteiger charge is -2.33. The van der Waals surface area contributed by atoms with Gasteiger partial charge < -0.3 is 15.1 Å². The minimum Gasteiger partial charge on any atom is -0.354 e. The summed E-state index contributed by atoms with van der Waals surface area (Å²) < 4.78 is 3.14. The van der Waals surface area contributed by atoms with Crippen LogP contribution >= 0.6 is 0 Å². The lowest BCUT2D eigenvalue weighted by Crippen LogP contribution is -2.46. The molecular formula is C23H32N6O2. The van der Waals surface area contributed by atoms with Gasteiger partial charge in [-0.15, -0.1) is 0 Å². The van der Waals surface area contributed by atoms with Gasteiger partial charge in [-0.1, -0.05) is 18.6 Å². The number of hydrogen-bond acceptors (Lipinski definition) is 5. The van der Waals surface area contributed by atoms with Crippen molar-refractivity contribution in [3.8, 4) is 0 Å². The molecule has 3 aromatic rings. The van der Waals surface area contributed by atoms with Crippen LogP contribution in [0.2, 0.25) is 0 Å². The molecule has 1 aliphatic rings. The molecule has 0 unspecified atom stereocenters. The van der Waals surface area contributed by atoms with Gasteiger partial charge in [0.25, 0.3) is 5.56 Å². The van der Waals surface area contributed by atoms with Crippen molar-refractivity contribution in [1.29, 1.82) is 0 Å². The van der Waals surface area contributed by atoms with E-state index in [0.29, 0.717) is 17.9 Å². The minimum absolute atomic E-state index is 0.0636. The van der Waals surface area contributed by atoms with Crippen LogP contribution in [0.25, 0.3) is 16.4 Å². The largest absolute Gasteiger partial charge is 0.354 e. The molecule has 1 fully saturated rings. The highest BCUT2D eigenvalue weighted by Crippen LogP contribution is 2.20. The van der Waals surface area contributed by atoms with E-state index in [-0.39, 0.29) is 18.0 Å². The van der Waals surface area contributed by atoms with Gasteiger partial charge in [-0.25, -0.2) is 4.68 Å². The molecule has 1 saturated heterocycles. The topological polar surface area (TPSA) is 74.9 Å². The van der Waals surface area contributed by atoms with E-state index >= 15 is 0 Å². The molecule has 3 heterocycles. The summed E-state index contributed by atoms with van der Waals surface area (Å²) >= 11 is 0. The number of nitrogens with one attached hydrogen (secondary N) is 1. The van der Waals surface area contributed by atoms with Gasteiger partial charge in [0.1, 0.15) is 17.9 Å². The first-order chi connectivity index (χ1) is 15.0. The number of fused-ring (bicyclic) bond motifs is 3. The van der Waals surface area contributed by atoms with Crippen molar-refractivity contribution in [2.75, 3.05) is 45.8 Å². The van der Waals surface area contributed by atoms with Crippen LogP contribution in [-0.2, 0) is 11.3 Å². The maximum absolute atomic E-state index is 12.9. The monoisotopic (exact) mass is 424 g/mol. The lowest BCUT2D eigenvalue weighted by atomic mass is 10.2. The third-order valence-corrected chi connectivity index (χ3v) is 6.18. The molecule has 4 rings (SSSR count). The normalized spacial score (nSPS) is 15.7. The fourth-order valence-corrected chi connectivity index (χ4v) is 4.40. The number of likely N-dealkylation sites (N-methyl/N-ethyl adjacent to an activating group) is 1. The number of benzene rings is 1. The van der Waals surface area contributed by atoms with Crippen molar-refractivity contribution in [2.45, 2.75) is 33.7 Å². The molecule has 31 heavy (non-hydrogen) atoms. The lowest BCUT2D eigenvalue weighted by molar-refractivity contribution is -0.121. The van der Waals surface area contributed by atoms with Crippen LogP contribution in [-0.4, -0.2) is 75.7 Å². The molecule has 0 aliphatic carbocycles. The number of rotatable bonds is 7. The van der Waals surface area contributed by atoms with Gasteiger partial charge in [0.2, 0.25) is 5.91 Å². The Bertz CT molecular complexity index is 1140. The third kappa shape index (κ3) is 4.65. The van der Waals surface area contributed by atoms with E-state index in [2.05, 4.69) is 33.2 Å². The van der Waals surface area contributed by atoms with Crippen LogP contribution < -0.4 is 10.9 Å². The molecule has 0 atom stereocenters. The second-order valence-electron chi connectivity index (χ2n) is 8.42. The van der Waals surface area contributed by atoms with Gasteiger partial charge in [-0.2, -0.15) is 5.10 Å². The summed E-state index contributed by atoms with van der Waals surface area (Å²) in [6, 6.07) is 7.97. The standard InChI is InChI=1S/C23H32N6O2/c1-4-26-10-12-27(13-11-26)9-5-8-24-22(30)16-28-23(31)21-15-19-14-17(2)6-7-20(19)29(21)18(3)25-28/h6-7,14-15H,4-5,8-13,16H2,1-3H3,(H,24,30). The fraction of sp³-hybridized carbons (Fsp3) is 0.522. The van der Waals surface area contributed by atoms with Gasteiger partial charge >= 0.3 is 0 Å². The Morgan fingerprint density at radius 2 is 1.81 bits per heavy atom. The zero-order chi connectivity index (χ0) is 22.0. The van der Waals surface area contributed by atoms with Crippen LogP contribution in [0.5, 0.6) is 0 Å². The predicted octanol–water partition coefficient (Wildman–Crippen LogP) is 1.41. The molecule has 8 heteroatoms. The maximum Gasteiger partial charge on any atom is 0.291 e. The molecule has 0 spiro atoms. The summed E-state index contributed by atoms with van der Waals surface area (Å²) in [5.74, 6) is 0.508. The van der Waals surface area contributed by atoms with Crippen LogP contribution in [0.3, 0.4) is 0 Å². The number of carbonyl (C=O) groups is 1. The average Bonchev–Trinajstić information content (AvgIpc) is 3.14. The first-order valence-corrected chi connectivity index (χ1v) is 11.2. The Morgan fingerprint density at radius 1 is 1.06 bits per heavy atom. The Labute approximate surface area is 182 Å². The smallest absolute Gasteiger partial charge is 0.291 e. The zero-order valence-electron chi connectivity index (χ0n) is 18.7. The second-order valence-corrected chi connectivity index (χ2v) is 8.42. The molecule has 1 amide bonds. The highest BCUT2D eigenvalue weighted by Gasteiger charge is 2.16. The van der Waals surface area contributed by atoms with E-state index in [1.807, 2.05) is 36.4 Å². The van der Waals surface area contributed by atoms with Crippen LogP contribution in [0.4, 0.5) is 0 Å². The van der Waals surface area contributed by atoms with Crippen molar-refractivity contribution >= 4 is 22.3 Å². The third-order valence-electron chi connectivity index (χ3n) is 6.18. The Hall–Kier alpha value is -2.71. The molecular weight excluding hydrogens is 392 g/mol. The maximum atomic E-state index is 12.9. The molecule has 0 radical (unpaired) electrons. The Kier molecular flexibility index (Phi) is 6.38. The zero-order valence-corrected chi connectivity index (χ0v) is 18.7. The van der Waals surface area contributed by atoms with Crippen molar-refractivity contribution in [3.05, 3.63) is 46.0 Å². The molecule has 1 aliphatic heterocycles. The number of aromatic nitrogens is 3. The fourth-order valence-electron chi connectivity index (χ4n) is 4.40. The van der Waals surface area contributed by atoms with Crippen molar-refractivity contribution in [2.24, 2.45) is 0 Å². The number of piperazine rings is 1. The minimum atomic E-state index is -0.247. The molecule has 8 nitrogen and oxygen atoms in total. The number of hydrogen-bond donors (Lipinski definition) is 1. The average molecular weight is 425 g/mol. The van der Waals surface area contributed by atoms with E-state index in [9.17, 15) is 9.59 Å². The molecule has 0 saturated carbocycles. The summed E-state index contributed by atoms with van der Waals surface area (Å²) in [6.07, 6.45) is 0.904. The van der Waals surface area contributed by atoms with Crippen molar-refractivity contribution in [3.63, 3.8) is 0 Å². The Balaban J connectivity index is 1.36. The van der Waals surface area contributed by atoms with Gasteiger partial charge in [0.15, 0.2) is 0 Å². The highest BCUT2D eigenvalue weighted by molar-refractivity contribution is 5.87. The van der Waals surface area contributed by atoms with Gasteiger partial charge in [-0.3, -0.25) is 14.0 Å². The number of carbonyl (C=O) groups excluding carboxylic acids is 1. The van der Waals surface area contributed by atoms with Crippen LogP contribution in [0.15, 0.2) is 29.1 Å². The van der Waals surface area contributed by atoms with Gasteiger partial charge in [-0.05, 0) is 51.6 Å². The first kappa shape index (κ1) is 21.5. The van der Waals surface area contributed by atoms with Crippen LogP contribution in [0.1, 0.15) is 24.7 Å². The summed E-state index contributed by atoms with van der Waals surface area (Å²) in [5, 5.41) is 8.34. The van der Waals surface area contributed by atoms with Gasteiger partial charge in [0.05, 0.1) is 5.52 Å². The quantitative estimate of drug-likeness (QED) is 0.581. The summed E-state index contributed by atoms with van der Waals surface area (Å²) in [4.78, 5) is 30.3. The molecule has 1 aromatic carbocycles. The number of nitrogens with zero attached hydrogens (tertiary/aromatic N) is 5. The first-order valence-electron chi connectivity index (χ1n) is 11.2. The predicted molar refractivity (Wildman–Crippen MR) is 123 cm³/mol. The molecule has 0 bridgehead atoms. The van der Waals surface area contributed by atoms with E-state index in [1.165, 1.54) is 4.68 Å². The highest BCUT2D eigenvalue weighted by atomic mass is 16.2. The van der Waals surface area contributed by atoms with Crippen molar-refractivity contribution < 1.29 is 4.79 Å². The SMILES string of the molecule is CCN1CCN(CCCNC(=O)Cn2nc(C)n3c(cc4cc(C)ccc43)c2=O)CC1. The second kappa shape index (κ2) is 9.20. The van der Waals surface area contributed by atoms with Gasteiger partial charge in [0, 0.05) is 38.1 Å². The van der Waals surface area contributed by atoms with Crippen LogP contribution in [0, 0.1) is 13.8 Å². The van der Waals surface area contributed by atoms with E-state index < -0.39 is 0 Å².